The Hall–Kier alpha value is -2.54. The van der Waals surface area contributed by atoms with Gasteiger partial charge in [-0.15, -0.1) is 0 Å². The van der Waals surface area contributed by atoms with Crippen LogP contribution >= 0.6 is 0 Å². The Kier molecular flexibility index (Phi) is 4.34. The van der Waals surface area contributed by atoms with E-state index in [2.05, 4.69) is 0 Å². The van der Waals surface area contributed by atoms with Gasteiger partial charge in [0.15, 0.2) is 9.84 Å². The highest BCUT2D eigenvalue weighted by Crippen LogP contribution is 2.39. The molecule has 2 heterocycles. The third-order valence-electron chi connectivity index (χ3n) is 5.35. The lowest BCUT2D eigenvalue weighted by Crippen LogP contribution is -2.38. The molecule has 0 aliphatic carbocycles. The van der Waals surface area contributed by atoms with Crippen molar-refractivity contribution >= 4 is 27.2 Å². The van der Waals surface area contributed by atoms with E-state index in [1.165, 1.54) is 0 Å². The summed E-state index contributed by atoms with van der Waals surface area (Å²) in [4.78, 5) is 16.7. The molecule has 2 aliphatic heterocycles. The zero-order valence-corrected chi connectivity index (χ0v) is 16.1. The van der Waals surface area contributed by atoms with Gasteiger partial charge in [-0.05, 0) is 42.3 Å². The van der Waals surface area contributed by atoms with E-state index in [1.54, 1.807) is 41.2 Å². The van der Waals surface area contributed by atoms with E-state index in [0.29, 0.717) is 11.4 Å². The Morgan fingerprint density at radius 2 is 1.63 bits per heavy atom. The summed E-state index contributed by atoms with van der Waals surface area (Å²) in [6.45, 7) is 2.03. The van der Waals surface area contributed by atoms with Gasteiger partial charge in [0.2, 0.25) is 0 Å². The van der Waals surface area contributed by atoms with E-state index in [-0.39, 0.29) is 29.6 Å². The van der Waals surface area contributed by atoms with Crippen LogP contribution in [-0.4, -0.2) is 45.1 Å². The SMILES string of the molecule is CCc1ccccc1N1C(=O)N(c2ccc(OC)cc2)[C@H]2CS(=O)(=O)C[C@H]21. The summed E-state index contributed by atoms with van der Waals surface area (Å²) in [6, 6.07) is 13.9. The maximum Gasteiger partial charge on any atom is 0.329 e. The van der Waals surface area contributed by atoms with Crippen molar-refractivity contribution in [2.75, 3.05) is 28.4 Å². The summed E-state index contributed by atoms with van der Waals surface area (Å²) >= 11 is 0. The average Bonchev–Trinajstić information content (AvgIpc) is 3.10. The third-order valence-corrected chi connectivity index (χ3v) is 7.05. The van der Waals surface area contributed by atoms with Gasteiger partial charge in [0.25, 0.3) is 0 Å². The van der Waals surface area contributed by atoms with Crippen LogP contribution in [0.25, 0.3) is 0 Å². The number of para-hydroxylation sites is 1. The second kappa shape index (κ2) is 6.56. The first-order chi connectivity index (χ1) is 12.9. The van der Waals surface area contributed by atoms with Crippen molar-refractivity contribution in [3.63, 3.8) is 0 Å². The van der Waals surface area contributed by atoms with Crippen LogP contribution in [0.3, 0.4) is 0 Å². The number of fused-ring (bicyclic) bond motifs is 1. The molecule has 0 N–H and O–H groups in total. The summed E-state index contributed by atoms with van der Waals surface area (Å²) < 4.78 is 29.9. The molecule has 2 saturated heterocycles. The van der Waals surface area contributed by atoms with Crippen LogP contribution in [0, 0.1) is 0 Å². The summed E-state index contributed by atoms with van der Waals surface area (Å²) in [5, 5.41) is 0. The Morgan fingerprint density at radius 1 is 1.00 bits per heavy atom. The molecular weight excluding hydrogens is 364 g/mol. The van der Waals surface area contributed by atoms with Crippen molar-refractivity contribution in [1.82, 2.24) is 0 Å². The molecule has 0 spiro atoms. The number of hydrogen-bond acceptors (Lipinski definition) is 4. The summed E-state index contributed by atoms with van der Waals surface area (Å²) in [6.07, 6.45) is 0.770. The van der Waals surface area contributed by atoms with Gasteiger partial charge in [-0.3, -0.25) is 9.80 Å². The smallest absolute Gasteiger partial charge is 0.329 e. The zero-order chi connectivity index (χ0) is 19.2. The van der Waals surface area contributed by atoms with Crippen molar-refractivity contribution < 1.29 is 17.9 Å². The number of benzene rings is 2. The van der Waals surface area contributed by atoms with Gasteiger partial charge in [-0.25, -0.2) is 13.2 Å². The lowest BCUT2D eigenvalue weighted by atomic mass is 10.1. The topological polar surface area (TPSA) is 66.9 Å². The first kappa shape index (κ1) is 17.9. The minimum absolute atomic E-state index is 0.00584. The lowest BCUT2D eigenvalue weighted by molar-refractivity contribution is 0.255. The van der Waals surface area contributed by atoms with Crippen LogP contribution in [0.15, 0.2) is 48.5 Å². The maximum absolute atomic E-state index is 13.4. The molecule has 0 unspecified atom stereocenters. The van der Waals surface area contributed by atoms with Gasteiger partial charge in [0, 0.05) is 11.4 Å². The largest absolute Gasteiger partial charge is 0.497 e. The first-order valence-corrected chi connectivity index (χ1v) is 10.8. The van der Waals surface area contributed by atoms with E-state index >= 15 is 0 Å². The van der Waals surface area contributed by atoms with Crippen molar-refractivity contribution in [2.45, 2.75) is 25.4 Å². The predicted octanol–water partition coefficient (Wildman–Crippen LogP) is 2.87. The fourth-order valence-electron chi connectivity index (χ4n) is 4.07. The average molecular weight is 386 g/mol. The molecule has 6 nitrogen and oxygen atoms in total. The summed E-state index contributed by atoms with van der Waals surface area (Å²) in [5.41, 5.74) is 2.52. The molecular formula is C20H22N2O4S. The van der Waals surface area contributed by atoms with Gasteiger partial charge < -0.3 is 4.74 Å². The maximum atomic E-state index is 13.4. The quantitative estimate of drug-likeness (QED) is 0.758. The molecule has 0 radical (unpaired) electrons. The third kappa shape index (κ3) is 2.96. The van der Waals surface area contributed by atoms with E-state index < -0.39 is 9.84 Å². The standard InChI is InChI=1S/C20H22N2O4S/c1-3-14-6-4-5-7-17(14)22-19-13-27(24,25)12-18(19)21(20(22)23)15-8-10-16(26-2)11-9-15/h4-11,18-19H,3,12-13H2,1-2H3/t18-,19+/m0/s1. The Labute approximate surface area is 159 Å². The van der Waals surface area contributed by atoms with Gasteiger partial charge in [-0.1, -0.05) is 25.1 Å². The molecule has 2 aromatic rings. The van der Waals surface area contributed by atoms with Crippen molar-refractivity contribution in [3.8, 4) is 5.75 Å². The second-order valence-electron chi connectivity index (χ2n) is 6.91. The number of hydrogen-bond donors (Lipinski definition) is 0. The van der Waals surface area contributed by atoms with E-state index in [9.17, 15) is 13.2 Å². The number of aryl methyl sites for hydroxylation is 1. The molecule has 4 rings (SSSR count). The molecule has 2 amide bonds. The molecule has 2 atom stereocenters. The summed E-state index contributed by atoms with van der Waals surface area (Å²) in [7, 11) is -1.62. The van der Waals surface area contributed by atoms with Crippen LogP contribution in [0.2, 0.25) is 0 Å². The molecule has 0 bridgehead atoms. The molecule has 2 aromatic carbocycles. The van der Waals surface area contributed by atoms with Crippen LogP contribution in [0.1, 0.15) is 12.5 Å². The predicted molar refractivity (Wildman–Crippen MR) is 105 cm³/mol. The Bertz CT molecular complexity index is 972. The van der Waals surface area contributed by atoms with Gasteiger partial charge in [-0.2, -0.15) is 0 Å². The molecule has 0 aromatic heterocycles. The number of nitrogens with zero attached hydrogens (tertiary/aromatic N) is 2. The number of urea groups is 1. The number of anilines is 2. The van der Waals surface area contributed by atoms with Crippen LogP contribution in [-0.2, 0) is 16.3 Å². The van der Waals surface area contributed by atoms with Gasteiger partial charge in [0.05, 0.1) is 30.7 Å². The van der Waals surface area contributed by atoms with E-state index in [1.807, 2.05) is 31.2 Å². The number of methoxy groups -OCH3 is 1. The van der Waals surface area contributed by atoms with Crippen LogP contribution < -0.4 is 14.5 Å². The normalized spacial score (nSPS) is 23.6. The van der Waals surface area contributed by atoms with Crippen molar-refractivity contribution in [3.05, 3.63) is 54.1 Å². The molecule has 2 fully saturated rings. The number of ether oxygens (including phenoxy) is 1. The van der Waals surface area contributed by atoms with E-state index in [4.69, 9.17) is 4.74 Å². The number of carbonyl (C=O) groups is 1. The minimum atomic E-state index is -3.20. The zero-order valence-electron chi connectivity index (χ0n) is 15.3. The number of sulfone groups is 1. The Balaban J connectivity index is 1.80. The van der Waals surface area contributed by atoms with Gasteiger partial charge in [0.1, 0.15) is 5.75 Å². The first-order valence-electron chi connectivity index (χ1n) is 9.00. The number of amides is 2. The highest BCUT2D eigenvalue weighted by atomic mass is 32.2. The lowest BCUT2D eigenvalue weighted by Gasteiger charge is -2.24. The second-order valence-corrected chi connectivity index (χ2v) is 9.07. The molecule has 2 aliphatic rings. The number of rotatable bonds is 4. The van der Waals surface area contributed by atoms with Gasteiger partial charge >= 0.3 is 6.03 Å². The van der Waals surface area contributed by atoms with Crippen molar-refractivity contribution in [1.29, 1.82) is 0 Å². The highest BCUT2D eigenvalue weighted by Gasteiger charge is 2.54. The Morgan fingerprint density at radius 3 is 2.26 bits per heavy atom. The van der Waals surface area contributed by atoms with Crippen LogP contribution in [0.5, 0.6) is 5.75 Å². The van der Waals surface area contributed by atoms with E-state index in [0.717, 1.165) is 17.7 Å². The fraction of sp³-hybridized carbons (Fsp3) is 0.350. The van der Waals surface area contributed by atoms with Crippen LogP contribution in [0.4, 0.5) is 16.2 Å². The summed E-state index contributed by atoms with van der Waals surface area (Å²) in [5.74, 6) is 0.670. The number of carbonyl (C=O) groups excluding carboxylic acids is 1. The highest BCUT2D eigenvalue weighted by molar-refractivity contribution is 7.91. The molecule has 142 valence electrons. The van der Waals surface area contributed by atoms with Crippen molar-refractivity contribution in [2.24, 2.45) is 0 Å². The minimum Gasteiger partial charge on any atom is -0.497 e. The monoisotopic (exact) mass is 386 g/mol. The molecule has 7 heteroatoms. The molecule has 0 saturated carbocycles. The molecule has 27 heavy (non-hydrogen) atoms. The fourth-order valence-corrected chi connectivity index (χ4v) is 5.99.